The molecule has 1 heterocycles. The number of carbonyl (C=O) groups is 1. The Balaban J connectivity index is 2.86. The van der Waals surface area contributed by atoms with Gasteiger partial charge in [-0.25, -0.2) is 4.98 Å². The van der Waals surface area contributed by atoms with Crippen LogP contribution in [0.25, 0.3) is 11.0 Å². The van der Waals surface area contributed by atoms with Gasteiger partial charge < -0.3 is 4.98 Å². The Bertz CT molecular complexity index is 480. The van der Waals surface area contributed by atoms with Crippen molar-refractivity contribution in [3.05, 3.63) is 24.0 Å². The molecule has 1 N–H and O–H groups in total. The van der Waals surface area contributed by atoms with E-state index in [0.717, 1.165) is 10.4 Å². The van der Waals surface area contributed by atoms with Gasteiger partial charge in [-0.2, -0.15) is 0 Å². The quantitative estimate of drug-likeness (QED) is 0.563. The van der Waals surface area contributed by atoms with Crippen LogP contribution in [0.2, 0.25) is 0 Å². The summed E-state index contributed by atoms with van der Waals surface area (Å²) >= 11 is 9.58. The summed E-state index contributed by atoms with van der Waals surface area (Å²) in [6.07, 6.45) is 1.51. The van der Waals surface area contributed by atoms with E-state index >= 15 is 0 Å². The molecular weight excluding hydrogens is 208 g/mol. The molecule has 0 spiro atoms. The zero-order valence-corrected chi connectivity index (χ0v) is 8.06. The molecule has 0 radical (unpaired) electrons. The van der Waals surface area contributed by atoms with Gasteiger partial charge in [0.2, 0.25) is 0 Å². The monoisotopic (exact) mass is 212 g/mol. The predicted octanol–water partition coefficient (Wildman–Crippen LogP) is 2.23. The number of H-pyrrole nitrogens is 1. The number of thiol groups is 1. The van der Waals surface area contributed by atoms with Crippen molar-refractivity contribution < 1.29 is 4.79 Å². The number of fused-ring (bicyclic) bond motifs is 1. The average Bonchev–Trinajstić information content (AvgIpc) is 2.53. The third-order valence-corrected chi connectivity index (χ3v) is 2.35. The summed E-state index contributed by atoms with van der Waals surface area (Å²) < 4.78 is 0. The number of halogens is 1. The molecule has 0 aliphatic rings. The Labute approximate surface area is 84.5 Å². The van der Waals surface area contributed by atoms with Crippen LogP contribution in [-0.2, 0) is 0 Å². The Morgan fingerprint density at radius 1 is 1.54 bits per heavy atom. The number of aromatic nitrogens is 2. The molecule has 1 aromatic carbocycles. The summed E-state index contributed by atoms with van der Waals surface area (Å²) in [4.78, 5) is 18.6. The van der Waals surface area contributed by atoms with E-state index in [1.54, 1.807) is 12.1 Å². The SMILES string of the molecule is O=C(Cl)c1ccc(S)c2[nH]cnc12. The summed E-state index contributed by atoms with van der Waals surface area (Å²) in [6, 6.07) is 3.32. The third-order valence-electron chi connectivity index (χ3n) is 1.77. The van der Waals surface area contributed by atoms with E-state index in [-0.39, 0.29) is 0 Å². The molecule has 2 rings (SSSR count). The molecule has 0 saturated heterocycles. The zero-order chi connectivity index (χ0) is 9.42. The standard InChI is InChI=1S/C8H5ClN2OS/c9-8(12)4-1-2-5(13)7-6(4)10-3-11-7/h1-3,13H,(H,10,11). The first kappa shape index (κ1) is 8.59. The molecule has 3 nitrogen and oxygen atoms in total. The van der Waals surface area contributed by atoms with Crippen molar-refractivity contribution in [2.75, 3.05) is 0 Å². The number of aromatic amines is 1. The van der Waals surface area contributed by atoms with E-state index in [1.807, 2.05) is 0 Å². The largest absolute Gasteiger partial charge is 0.344 e. The third kappa shape index (κ3) is 1.32. The van der Waals surface area contributed by atoms with Crippen LogP contribution < -0.4 is 0 Å². The van der Waals surface area contributed by atoms with Crippen LogP contribution in [0.5, 0.6) is 0 Å². The number of hydrogen-bond donors (Lipinski definition) is 2. The highest BCUT2D eigenvalue weighted by Gasteiger charge is 2.10. The summed E-state index contributed by atoms with van der Waals surface area (Å²) in [7, 11) is 0. The van der Waals surface area contributed by atoms with Crippen molar-refractivity contribution in [1.82, 2.24) is 9.97 Å². The van der Waals surface area contributed by atoms with Gasteiger partial charge in [0, 0.05) is 4.90 Å². The summed E-state index contributed by atoms with van der Waals surface area (Å²) in [5, 5.41) is -0.509. The second kappa shape index (κ2) is 3.05. The highest BCUT2D eigenvalue weighted by atomic mass is 35.5. The van der Waals surface area contributed by atoms with Crippen molar-refractivity contribution in [2.24, 2.45) is 0 Å². The van der Waals surface area contributed by atoms with E-state index in [1.165, 1.54) is 6.33 Å². The normalized spacial score (nSPS) is 10.6. The van der Waals surface area contributed by atoms with E-state index in [4.69, 9.17) is 11.6 Å². The Hall–Kier alpha value is -1.00. The topological polar surface area (TPSA) is 45.8 Å². The number of nitrogens with one attached hydrogen (secondary N) is 1. The molecule has 0 bridgehead atoms. The molecule has 1 aromatic heterocycles. The summed E-state index contributed by atoms with van der Waals surface area (Å²) in [6.45, 7) is 0. The Morgan fingerprint density at radius 3 is 3.00 bits per heavy atom. The molecule has 0 unspecified atom stereocenters. The van der Waals surface area contributed by atoms with E-state index in [2.05, 4.69) is 22.6 Å². The minimum atomic E-state index is -0.509. The molecule has 0 fully saturated rings. The lowest BCUT2D eigenvalue weighted by Gasteiger charge is -1.97. The molecular formula is C8H5ClN2OS. The first-order valence-electron chi connectivity index (χ1n) is 3.55. The molecule has 0 aliphatic heterocycles. The van der Waals surface area contributed by atoms with Gasteiger partial charge in [0.05, 0.1) is 17.4 Å². The van der Waals surface area contributed by atoms with Crippen molar-refractivity contribution in [3.63, 3.8) is 0 Å². The number of rotatable bonds is 1. The molecule has 13 heavy (non-hydrogen) atoms. The van der Waals surface area contributed by atoms with Crippen LogP contribution in [0, 0.1) is 0 Å². The zero-order valence-electron chi connectivity index (χ0n) is 6.41. The molecule has 0 aliphatic carbocycles. The summed E-state index contributed by atoms with van der Waals surface area (Å²) in [5.74, 6) is 0. The lowest BCUT2D eigenvalue weighted by atomic mass is 10.2. The highest BCUT2D eigenvalue weighted by molar-refractivity contribution is 7.80. The van der Waals surface area contributed by atoms with Crippen molar-refractivity contribution >= 4 is 40.5 Å². The van der Waals surface area contributed by atoms with Crippen LogP contribution in [0.15, 0.2) is 23.4 Å². The van der Waals surface area contributed by atoms with Gasteiger partial charge in [-0.05, 0) is 23.7 Å². The summed E-state index contributed by atoms with van der Waals surface area (Å²) in [5.41, 5.74) is 1.69. The first-order valence-corrected chi connectivity index (χ1v) is 4.37. The molecule has 5 heteroatoms. The Kier molecular flexibility index (Phi) is 2.01. The molecule has 0 atom stereocenters. The molecule has 66 valence electrons. The minimum absolute atomic E-state index is 0.399. The van der Waals surface area contributed by atoms with Crippen LogP contribution in [0.3, 0.4) is 0 Å². The van der Waals surface area contributed by atoms with E-state index in [0.29, 0.717) is 11.1 Å². The Morgan fingerprint density at radius 2 is 2.31 bits per heavy atom. The number of carbonyl (C=O) groups excluding carboxylic acids is 1. The number of nitrogens with zero attached hydrogens (tertiary/aromatic N) is 1. The fourth-order valence-electron chi connectivity index (χ4n) is 1.18. The highest BCUT2D eigenvalue weighted by Crippen LogP contribution is 2.22. The van der Waals surface area contributed by atoms with E-state index in [9.17, 15) is 4.79 Å². The van der Waals surface area contributed by atoms with Gasteiger partial charge in [-0.15, -0.1) is 12.6 Å². The van der Waals surface area contributed by atoms with Crippen molar-refractivity contribution in [1.29, 1.82) is 0 Å². The maximum absolute atomic E-state index is 11.0. The second-order valence-corrected chi connectivity index (χ2v) is 3.36. The lowest BCUT2D eigenvalue weighted by Crippen LogP contribution is -1.90. The van der Waals surface area contributed by atoms with Gasteiger partial charge in [-0.1, -0.05) is 0 Å². The van der Waals surface area contributed by atoms with Gasteiger partial charge in [0.1, 0.15) is 5.52 Å². The average molecular weight is 213 g/mol. The van der Waals surface area contributed by atoms with E-state index < -0.39 is 5.24 Å². The van der Waals surface area contributed by atoms with Crippen LogP contribution in [0.4, 0.5) is 0 Å². The number of imidazole rings is 1. The van der Waals surface area contributed by atoms with Crippen molar-refractivity contribution in [3.8, 4) is 0 Å². The fourth-order valence-corrected chi connectivity index (χ4v) is 1.57. The predicted molar refractivity (Wildman–Crippen MR) is 53.5 cm³/mol. The minimum Gasteiger partial charge on any atom is -0.344 e. The van der Waals surface area contributed by atoms with Gasteiger partial charge in [0.25, 0.3) is 5.24 Å². The van der Waals surface area contributed by atoms with Gasteiger partial charge in [-0.3, -0.25) is 4.79 Å². The smallest absolute Gasteiger partial charge is 0.254 e. The fraction of sp³-hybridized carbons (Fsp3) is 0. The first-order chi connectivity index (χ1) is 6.20. The lowest BCUT2D eigenvalue weighted by molar-refractivity contribution is 0.108. The number of benzene rings is 1. The maximum Gasteiger partial charge on any atom is 0.254 e. The van der Waals surface area contributed by atoms with Gasteiger partial charge >= 0.3 is 0 Å². The number of hydrogen-bond acceptors (Lipinski definition) is 3. The molecule has 0 saturated carbocycles. The van der Waals surface area contributed by atoms with Gasteiger partial charge in [0.15, 0.2) is 0 Å². The van der Waals surface area contributed by atoms with Crippen molar-refractivity contribution in [2.45, 2.75) is 4.90 Å². The van der Waals surface area contributed by atoms with Crippen LogP contribution in [0.1, 0.15) is 10.4 Å². The molecule has 0 amide bonds. The van der Waals surface area contributed by atoms with Crippen LogP contribution >= 0.6 is 24.2 Å². The molecule has 2 aromatic rings. The van der Waals surface area contributed by atoms with Crippen LogP contribution in [-0.4, -0.2) is 15.2 Å². The maximum atomic E-state index is 11.0. The second-order valence-electron chi connectivity index (χ2n) is 2.53.